The van der Waals surface area contributed by atoms with Crippen molar-refractivity contribution in [3.05, 3.63) is 130 Å². The highest BCUT2D eigenvalue weighted by molar-refractivity contribution is 5.95. The second kappa shape index (κ2) is 15.1. The van der Waals surface area contributed by atoms with E-state index < -0.39 is 106 Å². The smallest absolute Gasteiger partial charge is 0.459 e. The van der Waals surface area contributed by atoms with Gasteiger partial charge in [-0.3, -0.25) is 4.79 Å². The van der Waals surface area contributed by atoms with Crippen molar-refractivity contribution in [2.45, 2.75) is 43.7 Å². The van der Waals surface area contributed by atoms with E-state index >= 15 is 8.78 Å². The number of carbonyl (C=O) groups excluding carboxylic acids is 2. The van der Waals surface area contributed by atoms with Gasteiger partial charge < -0.3 is 19.5 Å². The number of hydrogen-bond donors (Lipinski definition) is 1. The average Bonchev–Trinajstić information content (AvgIpc) is 3.05. The predicted molar refractivity (Wildman–Crippen MR) is 156 cm³/mol. The minimum absolute atomic E-state index is 0.0976. The maximum absolute atomic E-state index is 15.2. The third-order valence-electron chi connectivity index (χ3n) is 7.22. The van der Waals surface area contributed by atoms with Crippen molar-refractivity contribution in [3.63, 3.8) is 0 Å². The van der Waals surface area contributed by atoms with E-state index in [9.17, 15) is 53.5 Å². The van der Waals surface area contributed by atoms with Gasteiger partial charge in [-0.25, -0.2) is 18.0 Å². The Balaban J connectivity index is 2.04. The molecule has 52 heavy (non-hydrogen) atoms. The summed E-state index contributed by atoms with van der Waals surface area (Å²) < 4.78 is 181. The average molecular weight is 754 g/mol. The molecule has 4 aromatic carbocycles. The van der Waals surface area contributed by atoms with E-state index in [1.807, 2.05) is 0 Å². The maximum Gasteiger partial charge on any atom is 0.502 e. The summed E-state index contributed by atoms with van der Waals surface area (Å²) in [4.78, 5) is 25.6. The van der Waals surface area contributed by atoms with E-state index in [4.69, 9.17) is 0 Å². The molecular weight excluding hydrogens is 730 g/mol. The quantitative estimate of drug-likeness (QED) is 0.109. The van der Waals surface area contributed by atoms with Crippen LogP contribution in [0.5, 0.6) is 11.5 Å². The molecule has 278 valence electrons. The topological polar surface area (TPSA) is 73.9 Å². The van der Waals surface area contributed by atoms with Crippen molar-refractivity contribution in [1.29, 1.82) is 0 Å². The molecule has 0 saturated heterocycles. The molecule has 6 nitrogen and oxygen atoms in total. The fraction of sp³-hybridized carbons (Fsp3) is 0.235. The number of ether oxygens (including phenoxy) is 3. The van der Waals surface area contributed by atoms with Crippen molar-refractivity contribution in [2.75, 3.05) is 6.61 Å². The third kappa shape index (κ3) is 8.89. The Labute approximate surface area is 285 Å². The molecule has 1 amide bonds. The van der Waals surface area contributed by atoms with Crippen LogP contribution in [0.2, 0.25) is 0 Å². The summed E-state index contributed by atoms with van der Waals surface area (Å²) in [7, 11) is 0. The van der Waals surface area contributed by atoms with Crippen molar-refractivity contribution in [3.8, 4) is 11.5 Å². The Bertz CT molecular complexity index is 1920. The second-order valence-electron chi connectivity index (χ2n) is 10.8. The van der Waals surface area contributed by atoms with Gasteiger partial charge in [0.25, 0.3) is 5.91 Å². The maximum atomic E-state index is 15.2. The molecule has 18 heteroatoms. The molecule has 0 fully saturated rings. The van der Waals surface area contributed by atoms with Gasteiger partial charge in [-0.1, -0.05) is 36.4 Å². The molecule has 0 aromatic heterocycles. The minimum atomic E-state index is -5.32. The van der Waals surface area contributed by atoms with Crippen LogP contribution >= 0.6 is 0 Å². The van der Waals surface area contributed by atoms with Crippen molar-refractivity contribution in [1.82, 2.24) is 5.32 Å². The van der Waals surface area contributed by atoms with Gasteiger partial charge >= 0.3 is 30.8 Å². The number of esters is 1. The summed E-state index contributed by atoms with van der Waals surface area (Å²) in [5.74, 6) is -11.3. The summed E-state index contributed by atoms with van der Waals surface area (Å²) in [5.41, 5.74) is -6.46. The van der Waals surface area contributed by atoms with Crippen molar-refractivity contribution in [2.24, 2.45) is 0 Å². The summed E-state index contributed by atoms with van der Waals surface area (Å²) in [6.45, 7) is 0.614. The monoisotopic (exact) mass is 753 g/mol. The number of halogens is 12. The van der Waals surface area contributed by atoms with Crippen molar-refractivity contribution < 1.29 is 76.5 Å². The Morgan fingerprint density at radius 1 is 0.750 bits per heavy atom. The highest BCUT2D eigenvalue weighted by atomic mass is 19.4. The minimum Gasteiger partial charge on any atom is -0.459 e. The van der Waals surface area contributed by atoms with Crippen LogP contribution in [0.25, 0.3) is 0 Å². The normalized spacial score (nSPS) is 13.3. The number of rotatable bonds is 13. The summed E-state index contributed by atoms with van der Waals surface area (Å²) in [5, 5.41) is 2.27. The van der Waals surface area contributed by atoms with Crippen LogP contribution in [-0.2, 0) is 27.7 Å². The van der Waals surface area contributed by atoms with Crippen LogP contribution in [0.15, 0.2) is 84.9 Å². The van der Waals surface area contributed by atoms with E-state index in [0.717, 1.165) is 6.07 Å². The molecule has 0 radical (unpaired) electrons. The highest BCUT2D eigenvalue weighted by Crippen LogP contribution is 2.41. The van der Waals surface area contributed by atoms with Gasteiger partial charge in [0.2, 0.25) is 0 Å². The van der Waals surface area contributed by atoms with Gasteiger partial charge in [0, 0.05) is 18.1 Å². The molecule has 0 aliphatic rings. The van der Waals surface area contributed by atoms with Gasteiger partial charge in [-0.15, -0.1) is 0 Å². The number of hydrogen-bond acceptors (Lipinski definition) is 5. The molecule has 0 bridgehead atoms. The zero-order chi connectivity index (χ0) is 38.6. The summed E-state index contributed by atoms with van der Waals surface area (Å²) in [6, 6.07) is 11.1. The molecule has 4 rings (SSSR count). The fourth-order valence-corrected chi connectivity index (χ4v) is 4.92. The Kier molecular flexibility index (Phi) is 11.4. The Morgan fingerprint density at radius 2 is 1.40 bits per heavy atom. The molecule has 0 aliphatic carbocycles. The lowest BCUT2D eigenvalue weighted by Crippen LogP contribution is -2.49. The van der Waals surface area contributed by atoms with Gasteiger partial charge in [0.1, 0.15) is 17.4 Å². The predicted octanol–water partition coefficient (Wildman–Crippen LogP) is 8.81. The molecule has 0 saturated carbocycles. The van der Waals surface area contributed by atoms with Crippen LogP contribution in [0.1, 0.15) is 39.5 Å². The molecule has 1 N–H and O–H groups in total. The fourth-order valence-electron chi connectivity index (χ4n) is 4.92. The number of nitrogens with one attached hydrogen (secondary N) is 1. The lowest BCUT2D eigenvalue weighted by Gasteiger charge is -2.37. The largest absolute Gasteiger partial charge is 0.502 e. The summed E-state index contributed by atoms with van der Waals surface area (Å²) in [6.07, 6.45) is -20.5. The van der Waals surface area contributed by atoms with E-state index in [2.05, 4.69) is 19.5 Å². The van der Waals surface area contributed by atoms with Crippen LogP contribution in [0.4, 0.5) is 52.7 Å². The molecule has 0 heterocycles. The van der Waals surface area contributed by atoms with Gasteiger partial charge in [-0.05, 0) is 66.1 Å². The van der Waals surface area contributed by atoms with Crippen LogP contribution in [0.3, 0.4) is 0 Å². The first-order valence-electron chi connectivity index (χ1n) is 14.6. The van der Waals surface area contributed by atoms with E-state index in [0.29, 0.717) is 36.4 Å². The van der Waals surface area contributed by atoms with Gasteiger partial charge in [-0.2, -0.15) is 39.5 Å². The van der Waals surface area contributed by atoms with Gasteiger partial charge in [0.05, 0.1) is 17.7 Å². The van der Waals surface area contributed by atoms with E-state index in [-0.39, 0.29) is 17.7 Å². The lowest BCUT2D eigenvalue weighted by atomic mass is 9.77. The molecule has 0 unspecified atom stereocenters. The molecule has 4 aromatic rings. The van der Waals surface area contributed by atoms with Crippen LogP contribution < -0.4 is 14.8 Å². The third-order valence-corrected chi connectivity index (χ3v) is 7.22. The number of carbonyl (C=O) groups is 2. The zero-order valence-electron chi connectivity index (χ0n) is 26.2. The molecular formula is C34H23F12NO5. The Hall–Kier alpha value is -5.42. The summed E-state index contributed by atoms with van der Waals surface area (Å²) >= 11 is 0. The zero-order valence-corrected chi connectivity index (χ0v) is 26.2. The first kappa shape index (κ1) is 39.4. The SMILES string of the molecule is CCOC(=O)C(F)(F)Oc1cc([C@@](Cc2ccccc2)(NC(=O)c2ccc(F)c(C(F)(F)F)c2)c2cc(F)cc(OC(F)(F)C(F)F)c2)ccc1F. The standard InChI is InChI=1S/C34H23F12NO5/c1-2-50-30(49)34(45,46)52-27-15-20(9-11-26(27)37)31(17-18-6-4-3-5-7-18,21-13-22(35)16-23(14-21)51-33(43,44)29(38)39)47-28(48)19-8-10-25(36)24(12-19)32(40,41)42/h3-16,29H,2,17H2,1H3,(H,47,48)/t31-/m1/s1. The van der Waals surface area contributed by atoms with E-state index in [1.165, 1.54) is 37.3 Å². The lowest BCUT2D eigenvalue weighted by molar-refractivity contribution is -0.253. The number of benzene rings is 4. The van der Waals surface area contributed by atoms with Crippen molar-refractivity contribution >= 4 is 11.9 Å². The first-order valence-corrected chi connectivity index (χ1v) is 14.6. The molecule has 0 spiro atoms. The number of amides is 1. The van der Waals surface area contributed by atoms with Crippen LogP contribution in [0, 0.1) is 17.5 Å². The number of alkyl halides is 9. The molecule has 0 aliphatic heterocycles. The van der Waals surface area contributed by atoms with E-state index in [1.54, 1.807) is 0 Å². The van der Waals surface area contributed by atoms with Gasteiger partial charge in [0.15, 0.2) is 11.6 Å². The molecule has 1 atom stereocenters. The Morgan fingerprint density at radius 3 is 2.02 bits per heavy atom. The highest BCUT2D eigenvalue weighted by Gasteiger charge is 2.47. The first-order chi connectivity index (χ1) is 24.2. The van der Waals surface area contributed by atoms with Crippen LogP contribution in [-0.4, -0.2) is 37.1 Å². The second-order valence-corrected chi connectivity index (χ2v) is 10.8.